The first-order valence-electron chi connectivity index (χ1n) is 9.77. The van der Waals surface area contributed by atoms with Gasteiger partial charge in [0.2, 0.25) is 0 Å². The van der Waals surface area contributed by atoms with E-state index in [1.807, 2.05) is 13.8 Å². The molecule has 4 atom stereocenters. The molecule has 8 heteroatoms. The number of hydrogen-bond acceptors (Lipinski definition) is 3. The third kappa shape index (κ3) is 7.94. The highest BCUT2D eigenvalue weighted by atomic mass is 127. The Morgan fingerprint density at radius 1 is 1.32 bits per heavy atom. The van der Waals surface area contributed by atoms with Gasteiger partial charge in [-0.3, -0.25) is 9.20 Å². The highest BCUT2D eigenvalue weighted by Gasteiger charge is 2.26. The average molecular weight is 525 g/mol. The Bertz CT molecular complexity index is 630. The van der Waals surface area contributed by atoms with E-state index in [2.05, 4.69) is 15.6 Å². The maximum Gasteiger partial charge on any atom is 0.191 e. The van der Waals surface area contributed by atoms with Crippen molar-refractivity contribution in [3.63, 3.8) is 0 Å². The lowest BCUT2D eigenvalue weighted by atomic mass is 9.95. The smallest absolute Gasteiger partial charge is 0.191 e. The molecule has 0 spiro atoms. The topological polar surface area (TPSA) is 62.7 Å². The van der Waals surface area contributed by atoms with Gasteiger partial charge in [-0.25, -0.2) is 4.39 Å². The first-order valence-corrected chi connectivity index (χ1v) is 11.2. The van der Waals surface area contributed by atoms with E-state index in [1.54, 1.807) is 19.2 Å². The molecule has 28 heavy (non-hydrogen) atoms. The molecule has 1 aliphatic rings. The molecule has 0 bridgehead atoms. The van der Waals surface area contributed by atoms with Crippen LogP contribution in [0.5, 0.6) is 0 Å². The van der Waals surface area contributed by atoms with Crippen molar-refractivity contribution in [1.82, 2.24) is 10.6 Å². The summed E-state index contributed by atoms with van der Waals surface area (Å²) >= 11 is 0. The van der Waals surface area contributed by atoms with Crippen LogP contribution in [0, 0.1) is 5.82 Å². The fourth-order valence-corrected chi connectivity index (χ4v) is 4.78. The molecule has 1 fully saturated rings. The number of ether oxygens (including phenoxy) is 1. The molecule has 0 heterocycles. The maximum atomic E-state index is 13.1. The van der Waals surface area contributed by atoms with Crippen LogP contribution in [0.3, 0.4) is 0 Å². The van der Waals surface area contributed by atoms with Crippen LogP contribution in [0.1, 0.15) is 51.2 Å². The van der Waals surface area contributed by atoms with Gasteiger partial charge in [-0.1, -0.05) is 25.5 Å². The zero-order valence-electron chi connectivity index (χ0n) is 16.9. The van der Waals surface area contributed by atoms with E-state index < -0.39 is 10.8 Å². The summed E-state index contributed by atoms with van der Waals surface area (Å²) in [5.74, 6) is 1.21. The highest BCUT2D eigenvalue weighted by Crippen LogP contribution is 2.23. The van der Waals surface area contributed by atoms with E-state index in [0.717, 1.165) is 49.5 Å². The Balaban J connectivity index is 0.00000392. The van der Waals surface area contributed by atoms with Gasteiger partial charge in [-0.2, -0.15) is 0 Å². The first-order chi connectivity index (χ1) is 13.1. The maximum absolute atomic E-state index is 13.1. The van der Waals surface area contributed by atoms with Gasteiger partial charge >= 0.3 is 0 Å². The Hall–Kier alpha value is -0.740. The molecule has 1 aliphatic carbocycles. The van der Waals surface area contributed by atoms with Crippen molar-refractivity contribution in [2.45, 2.75) is 56.9 Å². The van der Waals surface area contributed by atoms with Crippen LogP contribution in [0.2, 0.25) is 0 Å². The van der Waals surface area contributed by atoms with E-state index in [4.69, 9.17) is 4.74 Å². The number of nitrogens with one attached hydrogen (secondary N) is 2. The minimum Gasteiger partial charge on any atom is -0.375 e. The number of benzene rings is 1. The highest BCUT2D eigenvalue weighted by molar-refractivity contribution is 14.0. The molecule has 0 aliphatic heterocycles. The Morgan fingerprint density at radius 3 is 2.64 bits per heavy atom. The summed E-state index contributed by atoms with van der Waals surface area (Å²) in [6.07, 6.45) is 3.88. The second-order valence-corrected chi connectivity index (χ2v) is 8.80. The van der Waals surface area contributed by atoms with Crippen LogP contribution in [0.4, 0.5) is 4.39 Å². The third-order valence-electron chi connectivity index (χ3n) is 4.91. The molecule has 1 aromatic carbocycles. The van der Waals surface area contributed by atoms with Gasteiger partial charge in [0.15, 0.2) is 5.96 Å². The molecular formula is C20H33FIN3O2S. The van der Waals surface area contributed by atoms with Gasteiger partial charge < -0.3 is 15.4 Å². The van der Waals surface area contributed by atoms with Crippen LogP contribution >= 0.6 is 24.0 Å². The third-order valence-corrected chi connectivity index (χ3v) is 6.65. The normalized spacial score (nSPS) is 22.1. The average Bonchev–Trinajstić information content (AvgIpc) is 2.69. The number of rotatable bonds is 8. The summed E-state index contributed by atoms with van der Waals surface area (Å²) < 4.78 is 30.8. The molecule has 0 aromatic heterocycles. The van der Waals surface area contributed by atoms with E-state index in [-0.39, 0.29) is 47.2 Å². The lowest BCUT2D eigenvalue weighted by Crippen LogP contribution is -2.46. The predicted molar refractivity (Wildman–Crippen MR) is 125 cm³/mol. The largest absolute Gasteiger partial charge is 0.375 e. The van der Waals surface area contributed by atoms with Gasteiger partial charge in [0.05, 0.1) is 6.54 Å². The summed E-state index contributed by atoms with van der Waals surface area (Å²) in [5.41, 5.74) is 0.898. The first kappa shape index (κ1) is 25.3. The minimum atomic E-state index is -0.743. The second kappa shape index (κ2) is 13.5. The number of hydrogen-bond donors (Lipinski definition) is 2. The molecule has 0 saturated heterocycles. The summed E-state index contributed by atoms with van der Waals surface area (Å²) in [7, 11) is 0.892. The Labute approximate surface area is 187 Å². The lowest BCUT2D eigenvalue weighted by molar-refractivity contribution is 0.111. The quantitative estimate of drug-likeness (QED) is 0.308. The van der Waals surface area contributed by atoms with Crippen molar-refractivity contribution in [2.24, 2.45) is 4.99 Å². The van der Waals surface area contributed by atoms with Gasteiger partial charge in [-0.05, 0) is 43.9 Å². The van der Waals surface area contributed by atoms with E-state index in [0.29, 0.717) is 6.54 Å². The van der Waals surface area contributed by atoms with Gasteiger partial charge in [0, 0.05) is 41.5 Å². The Kier molecular flexibility index (Phi) is 12.2. The van der Waals surface area contributed by atoms with Crippen LogP contribution < -0.4 is 10.6 Å². The zero-order chi connectivity index (χ0) is 19.6. The van der Waals surface area contributed by atoms with Crippen LogP contribution in [-0.2, 0) is 15.5 Å². The fourth-order valence-electron chi connectivity index (χ4n) is 3.43. The van der Waals surface area contributed by atoms with Gasteiger partial charge in [-0.15, -0.1) is 24.0 Å². The SMILES string of the molecule is CCNC(=NCC(OC)c1ccc(F)cc1)NC1CCCC(S(=O)CC)C1.I. The molecule has 1 saturated carbocycles. The molecular weight excluding hydrogens is 492 g/mol. The molecule has 160 valence electrons. The molecule has 2 rings (SSSR count). The summed E-state index contributed by atoms with van der Waals surface area (Å²) in [4.78, 5) is 4.67. The van der Waals surface area contributed by atoms with Crippen molar-refractivity contribution >= 4 is 40.7 Å². The van der Waals surface area contributed by atoms with Gasteiger partial charge in [0.1, 0.15) is 11.9 Å². The van der Waals surface area contributed by atoms with E-state index in [1.165, 1.54) is 12.1 Å². The fraction of sp³-hybridized carbons (Fsp3) is 0.650. The molecule has 2 N–H and O–H groups in total. The van der Waals surface area contributed by atoms with E-state index >= 15 is 0 Å². The molecule has 4 unspecified atom stereocenters. The van der Waals surface area contributed by atoms with Crippen LogP contribution in [0.15, 0.2) is 29.3 Å². The second-order valence-electron chi connectivity index (χ2n) is 6.79. The van der Waals surface area contributed by atoms with Crippen molar-refractivity contribution in [3.8, 4) is 0 Å². The summed E-state index contributed by atoms with van der Waals surface area (Å²) in [6, 6.07) is 6.61. The van der Waals surface area contributed by atoms with Crippen molar-refractivity contribution < 1.29 is 13.3 Å². The zero-order valence-corrected chi connectivity index (χ0v) is 20.1. The minimum absolute atomic E-state index is 0. The standard InChI is InChI=1S/C20H32FN3O2S.HI/c1-4-22-20(24-17-7-6-8-18(13-17)27(25)5-2)23-14-19(26-3)15-9-11-16(21)12-10-15;/h9-12,17-19H,4-8,13-14H2,1-3H3,(H2,22,23,24);1H. The summed E-state index contributed by atoms with van der Waals surface area (Å²) in [6.45, 7) is 5.21. The number of methoxy groups -OCH3 is 1. The van der Waals surface area contributed by atoms with Crippen molar-refractivity contribution in [3.05, 3.63) is 35.6 Å². The van der Waals surface area contributed by atoms with Crippen molar-refractivity contribution in [1.29, 1.82) is 0 Å². The predicted octanol–water partition coefficient (Wildman–Crippen LogP) is 3.77. The van der Waals surface area contributed by atoms with Crippen LogP contribution in [-0.4, -0.2) is 47.4 Å². The number of guanidine groups is 1. The van der Waals surface area contributed by atoms with Crippen LogP contribution in [0.25, 0.3) is 0 Å². The molecule has 5 nitrogen and oxygen atoms in total. The van der Waals surface area contributed by atoms with E-state index in [9.17, 15) is 8.60 Å². The molecule has 0 amide bonds. The number of nitrogens with zero attached hydrogens (tertiary/aromatic N) is 1. The molecule has 1 aromatic rings. The lowest BCUT2D eigenvalue weighted by Gasteiger charge is -2.30. The Morgan fingerprint density at radius 2 is 2.04 bits per heavy atom. The monoisotopic (exact) mass is 525 g/mol. The van der Waals surface area contributed by atoms with Crippen molar-refractivity contribution in [2.75, 3.05) is 26.0 Å². The number of aliphatic imine (C=N–C) groups is 1. The summed E-state index contributed by atoms with van der Waals surface area (Å²) in [5, 5.41) is 7.04. The number of halogens is 2. The molecule has 0 radical (unpaired) electrons. The van der Waals surface area contributed by atoms with Gasteiger partial charge in [0.25, 0.3) is 0 Å².